The molecule has 0 bridgehead atoms. The summed E-state index contributed by atoms with van der Waals surface area (Å²) in [6.07, 6.45) is 0.711. The first-order valence-electron chi connectivity index (χ1n) is 7.78. The van der Waals surface area contributed by atoms with Crippen LogP contribution in [0.25, 0.3) is 0 Å². The number of fused-ring (bicyclic) bond motifs is 1. The fourth-order valence-electron chi connectivity index (χ4n) is 2.92. The van der Waals surface area contributed by atoms with E-state index in [9.17, 15) is 4.39 Å². The summed E-state index contributed by atoms with van der Waals surface area (Å²) < 4.78 is 24.4. The molecule has 122 valence electrons. The van der Waals surface area contributed by atoms with E-state index in [0.717, 1.165) is 41.4 Å². The van der Waals surface area contributed by atoms with Crippen molar-refractivity contribution < 1.29 is 13.9 Å². The molecule has 2 aromatic rings. The van der Waals surface area contributed by atoms with Gasteiger partial charge in [-0.1, -0.05) is 0 Å². The molecule has 2 heterocycles. The molecule has 0 spiro atoms. The second-order valence-corrected chi connectivity index (χ2v) is 5.85. The van der Waals surface area contributed by atoms with Crippen LogP contribution in [0.4, 0.5) is 4.39 Å². The van der Waals surface area contributed by atoms with Crippen LogP contribution in [-0.2, 0) is 24.3 Å². The lowest BCUT2D eigenvalue weighted by Gasteiger charge is -2.21. The summed E-state index contributed by atoms with van der Waals surface area (Å²) in [5, 5.41) is 3.39. The third-order valence-corrected chi connectivity index (χ3v) is 3.79. The van der Waals surface area contributed by atoms with Gasteiger partial charge in [-0.15, -0.1) is 0 Å². The number of ether oxygens (including phenoxy) is 2. The highest BCUT2D eigenvalue weighted by molar-refractivity contribution is 5.42. The van der Waals surface area contributed by atoms with E-state index < -0.39 is 0 Å². The average molecular weight is 316 g/mol. The highest BCUT2D eigenvalue weighted by atomic mass is 19.1. The maximum Gasteiger partial charge on any atom is 0.189 e. The standard InChI is InChI=1S/C18H21FN2O2/c1-12-5-14(6-13(2)21-12)9-20-4-3-15-7-17(19)8-16-10-22-11-23-18(15)16/h5-8,20H,3-4,9-11H2,1-2H3. The molecule has 0 aliphatic carbocycles. The first kappa shape index (κ1) is 15.9. The molecular weight excluding hydrogens is 295 g/mol. The maximum atomic E-state index is 13.7. The number of aryl methyl sites for hydroxylation is 2. The minimum absolute atomic E-state index is 0.231. The zero-order valence-electron chi connectivity index (χ0n) is 13.5. The van der Waals surface area contributed by atoms with Gasteiger partial charge in [-0.3, -0.25) is 4.98 Å². The zero-order valence-corrected chi connectivity index (χ0v) is 13.5. The number of benzene rings is 1. The Labute approximate surface area is 135 Å². The van der Waals surface area contributed by atoms with Gasteiger partial charge in [-0.2, -0.15) is 0 Å². The quantitative estimate of drug-likeness (QED) is 0.861. The number of pyridine rings is 1. The summed E-state index contributed by atoms with van der Waals surface area (Å²) in [6, 6.07) is 7.18. The molecule has 0 saturated carbocycles. The second kappa shape index (κ2) is 7.06. The van der Waals surface area contributed by atoms with Gasteiger partial charge in [0, 0.05) is 23.5 Å². The van der Waals surface area contributed by atoms with Gasteiger partial charge < -0.3 is 14.8 Å². The highest BCUT2D eigenvalue weighted by Gasteiger charge is 2.16. The predicted octanol–water partition coefficient (Wildman–Crippen LogP) is 3.04. The van der Waals surface area contributed by atoms with E-state index in [1.807, 2.05) is 13.8 Å². The summed E-state index contributed by atoms with van der Waals surface area (Å²) in [7, 11) is 0. The van der Waals surface area contributed by atoms with Crippen LogP contribution < -0.4 is 10.1 Å². The van der Waals surface area contributed by atoms with Crippen LogP contribution in [0.15, 0.2) is 24.3 Å². The molecule has 0 unspecified atom stereocenters. The zero-order chi connectivity index (χ0) is 16.2. The lowest BCUT2D eigenvalue weighted by molar-refractivity contribution is -0.0172. The van der Waals surface area contributed by atoms with Crippen LogP contribution >= 0.6 is 0 Å². The molecule has 1 aromatic heterocycles. The smallest absolute Gasteiger partial charge is 0.189 e. The minimum Gasteiger partial charge on any atom is -0.467 e. The Bertz CT molecular complexity index is 683. The van der Waals surface area contributed by atoms with E-state index >= 15 is 0 Å². The molecule has 5 heteroatoms. The van der Waals surface area contributed by atoms with Crippen LogP contribution in [0.5, 0.6) is 5.75 Å². The van der Waals surface area contributed by atoms with Crippen molar-refractivity contribution in [3.63, 3.8) is 0 Å². The topological polar surface area (TPSA) is 43.4 Å². The molecule has 0 radical (unpaired) electrons. The van der Waals surface area contributed by atoms with Crippen LogP contribution in [0.2, 0.25) is 0 Å². The summed E-state index contributed by atoms with van der Waals surface area (Å²) >= 11 is 0. The Morgan fingerprint density at radius 3 is 2.74 bits per heavy atom. The Morgan fingerprint density at radius 2 is 1.96 bits per heavy atom. The molecule has 1 aliphatic heterocycles. The largest absolute Gasteiger partial charge is 0.467 e. The number of nitrogens with zero attached hydrogens (tertiary/aromatic N) is 1. The molecule has 1 aliphatic rings. The first-order chi connectivity index (χ1) is 11.1. The van der Waals surface area contributed by atoms with Crippen molar-refractivity contribution in [3.05, 3.63) is 58.2 Å². The highest BCUT2D eigenvalue weighted by Crippen LogP contribution is 2.29. The van der Waals surface area contributed by atoms with Crippen molar-refractivity contribution in [1.82, 2.24) is 10.3 Å². The van der Waals surface area contributed by atoms with Crippen molar-refractivity contribution >= 4 is 0 Å². The van der Waals surface area contributed by atoms with E-state index in [4.69, 9.17) is 9.47 Å². The number of halogens is 1. The van der Waals surface area contributed by atoms with Crippen LogP contribution in [0, 0.1) is 19.7 Å². The van der Waals surface area contributed by atoms with E-state index in [1.54, 1.807) is 6.07 Å². The van der Waals surface area contributed by atoms with E-state index in [2.05, 4.69) is 22.4 Å². The number of nitrogens with one attached hydrogen (secondary N) is 1. The molecule has 1 aromatic carbocycles. The van der Waals surface area contributed by atoms with Crippen molar-refractivity contribution in [2.24, 2.45) is 0 Å². The van der Waals surface area contributed by atoms with E-state index in [0.29, 0.717) is 13.0 Å². The SMILES string of the molecule is Cc1cc(CNCCc2cc(F)cc3c2OCOC3)cc(C)n1. The van der Waals surface area contributed by atoms with Gasteiger partial charge in [-0.05, 0) is 62.2 Å². The van der Waals surface area contributed by atoms with Crippen LogP contribution in [0.3, 0.4) is 0 Å². The van der Waals surface area contributed by atoms with Gasteiger partial charge >= 0.3 is 0 Å². The first-order valence-corrected chi connectivity index (χ1v) is 7.78. The molecule has 0 fully saturated rings. The number of aromatic nitrogens is 1. The monoisotopic (exact) mass is 316 g/mol. The molecule has 0 amide bonds. The van der Waals surface area contributed by atoms with Crippen molar-refractivity contribution in [1.29, 1.82) is 0 Å². The predicted molar refractivity (Wildman–Crippen MR) is 85.8 cm³/mol. The fraction of sp³-hybridized carbons (Fsp3) is 0.389. The molecule has 0 atom stereocenters. The van der Waals surface area contributed by atoms with Crippen molar-refractivity contribution in [3.8, 4) is 5.75 Å². The molecule has 3 rings (SSSR count). The van der Waals surface area contributed by atoms with Gasteiger partial charge in [0.2, 0.25) is 0 Å². The number of hydrogen-bond acceptors (Lipinski definition) is 4. The van der Waals surface area contributed by atoms with Crippen LogP contribution in [-0.4, -0.2) is 18.3 Å². The van der Waals surface area contributed by atoms with Gasteiger partial charge in [0.1, 0.15) is 11.6 Å². The van der Waals surface area contributed by atoms with E-state index in [-0.39, 0.29) is 12.6 Å². The van der Waals surface area contributed by atoms with Gasteiger partial charge in [0.05, 0.1) is 6.61 Å². The minimum atomic E-state index is -0.242. The summed E-state index contributed by atoms with van der Waals surface area (Å²) in [6.45, 7) is 6.15. The average Bonchev–Trinajstić information content (AvgIpc) is 2.50. The molecule has 4 nitrogen and oxygen atoms in total. The molecular formula is C18H21FN2O2. The maximum absolute atomic E-state index is 13.7. The van der Waals surface area contributed by atoms with E-state index in [1.165, 1.54) is 11.6 Å². The molecule has 1 N–H and O–H groups in total. The summed E-state index contributed by atoms with van der Waals surface area (Å²) in [4.78, 5) is 4.37. The Kier molecular flexibility index (Phi) is 4.88. The fourth-order valence-corrected chi connectivity index (χ4v) is 2.92. The Balaban J connectivity index is 1.59. The Morgan fingerprint density at radius 1 is 1.17 bits per heavy atom. The van der Waals surface area contributed by atoms with Crippen molar-refractivity contribution in [2.75, 3.05) is 13.3 Å². The Hall–Kier alpha value is -1.98. The van der Waals surface area contributed by atoms with Gasteiger partial charge in [-0.25, -0.2) is 4.39 Å². The lowest BCUT2D eigenvalue weighted by atomic mass is 10.1. The summed E-state index contributed by atoms with van der Waals surface area (Å²) in [5.74, 6) is 0.531. The third-order valence-electron chi connectivity index (χ3n) is 3.79. The summed E-state index contributed by atoms with van der Waals surface area (Å²) in [5.41, 5.74) is 4.93. The van der Waals surface area contributed by atoms with Gasteiger partial charge in [0.25, 0.3) is 0 Å². The van der Waals surface area contributed by atoms with Crippen molar-refractivity contribution in [2.45, 2.75) is 33.4 Å². The molecule has 23 heavy (non-hydrogen) atoms. The number of hydrogen-bond donors (Lipinski definition) is 1. The van der Waals surface area contributed by atoms with Gasteiger partial charge in [0.15, 0.2) is 6.79 Å². The molecule has 0 saturated heterocycles. The van der Waals surface area contributed by atoms with Crippen LogP contribution in [0.1, 0.15) is 28.1 Å². The third kappa shape index (κ3) is 4.06. The second-order valence-electron chi connectivity index (χ2n) is 5.85. The lowest BCUT2D eigenvalue weighted by Crippen LogP contribution is -2.19. The normalized spacial score (nSPS) is 13.5. The number of rotatable bonds is 5.